The van der Waals surface area contributed by atoms with Crippen LogP contribution in [0.4, 0.5) is 4.39 Å². The lowest BCUT2D eigenvalue weighted by Crippen LogP contribution is -2.24. The number of halogens is 1. The van der Waals surface area contributed by atoms with Gasteiger partial charge in [-0.25, -0.2) is 9.37 Å². The van der Waals surface area contributed by atoms with Gasteiger partial charge in [-0.15, -0.1) is 0 Å². The number of hydrogen-bond donors (Lipinski definition) is 3. The van der Waals surface area contributed by atoms with Gasteiger partial charge in [0.1, 0.15) is 11.6 Å². The molecule has 1 amide bonds. The fourth-order valence-electron chi connectivity index (χ4n) is 4.23. The van der Waals surface area contributed by atoms with Gasteiger partial charge in [-0.1, -0.05) is 33.1 Å². The zero-order valence-corrected chi connectivity index (χ0v) is 23.1. The summed E-state index contributed by atoms with van der Waals surface area (Å²) in [5.41, 5.74) is 6.64. The Morgan fingerprint density at radius 1 is 1.15 bits per heavy atom. The molecule has 204 valence electrons. The Morgan fingerprint density at radius 3 is 2.62 bits per heavy atom. The van der Waals surface area contributed by atoms with Crippen molar-refractivity contribution in [2.75, 3.05) is 0 Å². The summed E-state index contributed by atoms with van der Waals surface area (Å²) in [6.07, 6.45) is 14.4. The Balaban J connectivity index is 1.78. The standard InChI is InChI=1S/C31H32FN7O/c1-7-25-23(10-18(4)19(5)12-33-13-20(6)36-28(40)9-3)29(26(8-2)37-25)31-38-27-17-35-16-24(30(27)39-31)21-11-22(32)15-34-14-21/h7,10-17,37H,4,6,8-9H2,1-3,5H3,(H,36,40)(H,38,39)/b19-12+,23-10+,25-7+,33-13?. The van der Waals surface area contributed by atoms with E-state index in [2.05, 4.69) is 50.3 Å². The minimum atomic E-state index is -0.425. The highest BCUT2D eigenvalue weighted by molar-refractivity contribution is 5.93. The normalized spacial score (nSPS) is 13.0. The average Bonchev–Trinajstić information content (AvgIpc) is 3.53. The van der Waals surface area contributed by atoms with E-state index >= 15 is 0 Å². The molecule has 3 N–H and O–H groups in total. The lowest BCUT2D eigenvalue weighted by Gasteiger charge is -2.02. The van der Waals surface area contributed by atoms with Crippen LogP contribution in [0.15, 0.2) is 72.0 Å². The van der Waals surface area contributed by atoms with E-state index in [0.717, 1.165) is 44.9 Å². The third-order valence-corrected chi connectivity index (χ3v) is 6.38. The number of carbonyl (C=O) groups is 1. The molecule has 0 aliphatic carbocycles. The molecular formula is C31H32FN7O. The molecule has 0 saturated carbocycles. The summed E-state index contributed by atoms with van der Waals surface area (Å²) in [4.78, 5) is 36.0. The predicted octanol–water partition coefficient (Wildman–Crippen LogP) is 4.87. The van der Waals surface area contributed by atoms with Gasteiger partial charge < -0.3 is 15.3 Å². The van der Waals surface area contributed by atoms with Crippen LogP contribution in [-0.4, -0.2) is 37.0 Å². The Bertz CT molecular complexity index is 1790. The van der Waals surface area contributed by atoms with Crippen molar-refractivity contribution in [1.82, 2.24) is 30.2 Å². The number of H-pyrrole nitrogens is 2. The fraction of sp³-hybridized carbons (Fsp3) is 0.194. The predicted molar refractivity (Wildman–Crippen MR) is 159 cm³/mol. The number of imidazole rings is 1. The van der Waals surface area contributed by atoms with E-state index in [0.29, 0.717) is 34.6 Å². The summed E-state index contributed by atoms with van der Waals surface area (Å²) in [5.74, 6) is 0.119. The van der Waals surface area contributed by atoms with Crippen molar-refractivity contribution in [2.24, 2.45) is 4.99 Å². The second kappa shape index (κ2) is 12.3. The molecule has 0 radical (unpaired) electrons. The van der Waals surface area contributed by atoms with E-state index in [9.17, 15) is 9.18 Å². The topological polar surface area (TPSA) is 112 Å². The number of rotatable bonds is 9. The Labute approximate surface area is 231 Å². The van der Waals surface area contributed by atoms with Crippen molar-refractivity contribution in [3.8, 4) is 22.5 Å². The molecule has 0 unspecified atom stereocenters. The van der Waals surface area contributed by atoms with Gasteiger partial charge in [0.2, 0.25) is 5.91 Å². The second-order valence-electron chi connectivity index (χ2n) is 9.20. The molecule has 4 aromatic rings. The van der Waals surface area contributed by atoms with E-state index < -0.39 is 5.82 Å². The molecule has 0 aliphatic heterocycles. The van der Waals surface area contributed by atoms with Gasteiger partial charge in [0.05, 0.1) is 29.1 Å². The number of aryl methyl sites for hydroxylation is 1. The molecule has 0 saturated heterocycles. The number of amides is 1. The highest BCUT2D eigenvalue weighted by Gasteiger charge is 2.17. The van der Waals surface area contributed by atoms with Gasteiger partial charge in [-0.3, -0.25) is 19.8 Å². The molecular weight excluding hydrogens is 505 g/mol. The van der Waals surface area contributed by atoms with E-state index in [4.69, 9.17) is 4.98 Å². The molecule has 0 aromatic carbocycles. The summed E-state index contributed by atoms with van der Waals surface area (Å²) in [5, 5.41) is 4.53. The number of nitrogens with zero attached hydrogens (tertiary/aromatic N) is 4. The maximum atomic E-state index is 13.9. The van der Waals surface area contributed by atoms with E-state index in [-0.39, 0.29) is 5.91 Å². The first-order valence-electron chi connectivity index (χ1n) is 13.0. The zero-order chi connectivity index (χ0) is 28.8. The van der Waals surface area contributed by atoms with Gasteiger partial charge in [0, 0.05) is 64.2 Å². The van der Waals surface area contributed by atoms with Gasteiger partial charge in [-0.2, -0.15) is 0 Å². The number of aromatic amines is 2. The van der Waals surface area contributed by atoms with Crippen LogP contribution in [0.5, 0.6) is 0 Å². The van der Waals surface area contributed by atoms with Gasteiger partial charge in [-0.05, 0) is 43.6 Å². The third-order valence-electron chi connectivity index (χ3n) is 6.38. The number of pyridine rings is 2. The summed E-state index contributed by atoms with van der Waals surface area (Å²) < 4.78 is 13.9. The molecule has 4 heterocycles. The number of hydrogen-bond acceptors (Lipinski definition) is 5. The number of allylic oxidation sites excluding steroid dienone is 3. The maximum Gasteiger partial charge on any atom is 0.224 e. The average molecular weight is 538 g/mol. The summed E-state index contributed by atoms with van der Waals surface area (Å²) in [7, 11) is 0. The largest absolute Gasteiger partial charge is 0.358 e. The highest BCUT2D eigenvalue weighted by Crippen LogP contribution is 2.29. The van der Waals surface area contributed by atoms with Crippen molar-refractivity contribution in [3.05, 3.63) is 89.1 Å². The smallest absolute Gasteiger partial charge is 0.224 e. The lowest BCUT2D eigenvalue weighted by molar-refractivity contribution is -0.119. The van der Waals surface area contributed by atoms with Gasteiger partial charge in [0.15, 0.2) is 0 Å². The van der Waals surface area contributed by atoms with Crippen molar-refractivity contribution >= 4 is 35.3 Å². The van der Waals surface area contributed by atoms with Crippen LogP contribution in [0, 0.1) is 5.82 Å². The van der Waals surface area contributed by atoms with E-state index in [1.165, 1.54) is 18.5 Å². The first-order valence-corrected chi connectivity index (χ1v) is 13.0. The van der Waals surface area contributed by atoms with E-state index in [1.54, 1.807) is 31.7 Å². The lowest BCUT2D eigenvalue weighted by atomic mass is 10.1. The van der Waals surface area contributed by atoms with Crippen molar-refractivity contribution in [3.63, 3.8) is 0 Å². The monoisotopic (exact) mass is 537 g/mol. The minimum absolute atomic E-state index is 0.119. The molecule has 9 heteroatoms. The Hall–Kier alpha value is -4.92. The molecule has 0 spiro atoms. The fourth-order valence-corrected chi connectivity index (χ4v) is 4.23. The molecule has 0 aliphatic rings. The molecule has 0 atom stereocenters. The van der Waals surface area contributed by atoms with Crippen LogP contribution in [0.3, 0.4) is 0 Å². The van der Waals surface area contributed by atoms with Crippen molar-refractivity contribution < 1.29 is 9.18 Å². The number of nitrogens with one attached hydrogen (secondary N) is 3. The first kappa shape index (κ1) is 28.1. The first-order chi connectivity index (χ1) is 19.2. The Kier molecular flexibility index (Phi) is 8.63. The van der Waals surface area contributed by atoms with Crippen molar-refractivity contribution in [1.29, 1.82) is 0 Å². The second-order valence-corrected chi connectivity index (χ2v) is 9.20. The van der Waals surface area contributed by atoms with Crippen LogP contribution in [0.2, 0.25) is 0 Å². The van der Waals surface area contributed by atoms with Crippen LogP contribution in [-0.2, 0) is 11.2 Å². The van der Waals surface area contributed by atoms with Gasteiger partial charge in [0.25, 0.3) is 0 Å². The van der Waals surface area contributed by atoms with Crippen LogP contribution < -0.4 is 15.9 Å². The molecule has 40 heavy (non-hydrogen) atoms. The van der Waals surface area contributed by atoms with E-state index in [1.807, 2.05) is 26.0 Å². The van der Waals surface area contributed by atoms with Crippen LogP contribution in [0.25, 0.3) is 45.7 Å². The quantitative estimate of drug-likeness (QED) is 0.209. The molecule has 0 fully saturated rings. The van der Waals surface area contributed by atoms with Crippen LogP contribution in [0.1, 0.15) is 39.8 Å². The number of aromatic nitrogens is 5. The van der Waals surface area contributed by atoms with Crippen LogP contribution >= 0.6 is 0 Å². The SMILES string of the molecule is C=C(C=N/C=C(\C)C(=C)/C=c1/c(-c2nc3c(-c4cncc(F)c4)cncc3[nH]2)c(CC)[nH]/c1=C/C)NC(=O)CC. The molecule has 8 nitrogen and oxygen atoms in total. The van der Waals surface area contributed by atoms with Crippen molar-refractivity contribution in [2.45, 2.75) is 40.5 Å². The summed E-state index contributed by atoms with van der Waals surface area (Å²) in [6, 6.07) is 1.42. The molecule has 4 aromatic heterocycles. The third kappa shape index (κ3) is 6.04. The van der Waals surface area contributed by atoms with Gasteiger partial charge >= 0.3 is 0 Å². The zero-order valence-electron chi connectivity index (χ0n) is 23.1. The Morgan fingerprint density at radius 2 is 1.93 bits per heavy atom. The number of carbonyl (C=O) groups excluding carboxylic acids is 1. The number of fused-ring (bicyclic) bond motifs is 1. The maximum absolute atomic E-state index is 13.9. The minimum Gasteiger partial charge on any atom is -0.358 e. The summed E-state index contributed by atoms with van der Waals surface area (Å²) in [6.45, 7) is 15.8. The molecule has 0 bridgehead atoms. The molecule has 4 rings (SSSR count). The number of aliphatic imine (C=N–C) groups is 1. The summed E-state index contributed by atoms with van der Waals surface area (Å²) >= 11 is 0. The highest BCUT2D eigenvalue weighted by atomic mass is 19.1.